The van der Waals surface area contributed by atoms with Crippen molar-refractivity contribution >= 4 is 35.4 Å². The fourth-order valence-electron chi connectivity index (χ4n) is 3.30. The van der Waals surface area contributed by atoms with Crippen LogP contribution in [0, 0.1) is 0 Å². The molecule has 4 rings (SSSR count). The van der Waals surface area contributed by atoms with E-state index in [1.807, 2.05) is 71.6 Å². The number of rotatable bonds is 7. The first-order valence-electron chi connectivity index (χ1n) is 9.40. The number of aromatic nitrogens is 4. The van der Waals surface area contributed by atoms with Gasteiger partial charge in [0.2, 0.25) is 0 Å². The van der Waals surface area contributed by atoms with Gasteiger partial charge in [0, 0.05) is 22.4 Å². The molecular weight excluding hydrogens is 419 g/mol. The first kappa shape index (κ1) is 20.4. The lowest BCUT2D eigenvalue weighted by Gasteiger charge is -2.29. The number of hydrogen-bond donors (Lipinski definition) is 1. The Hall–Kier alpha value is -2.86. The maximum Gasteiger partial charge on any atom is 0.137 e. The Morgan fingerprint density at radius 2 is 1.53 bits per heavy atom. The molecule has 7 heteroatoms. The molecule has 4 aromatic rings. The van der Waals surface area contributed by atoms with Crippen molar-refractivity contribution in [3.63, 3.8) is 0 Å². The molecule has 30 heavy (non-hydrogen) atoms. The molecule has 2 aromatic carbocycles. The molecule has 152 valence electrons. The zero-order valence-corrected chi connectivity index (χ0v) is 17.6. The van der Waals surface area contributed by atoms with Crippen LogP contribution in [0.25, 0.3) is 12.2 Å². The van der Waals surface area contributed by atoms with Gasteiger partial charge < -0.3 is 9.67 Å². The van der Waals surface area contributed by atoms with E-state index in [9.17, 15) is 5.11 Å². The van der Waals surface area contributed by atoms with Gasteiger partial charge in [0.15, 0.2) is 0 Å². The largest absolute Gasteiger partial charge is 0.381 e. The van der Waals surface area contributed by atoms with E-state index in [-0.39, 0.29) is 6.54 Å². The average Bonchev–Trinajstić information content (AvgIpc) is 3.40. The molecule has 1 unspecified atom stereocenters. The summed E-state index contributed by atoms with van der Waals surface area (Å²) in [6.45, 7) is 0.617. The normalized spacial score (nSPS) is 13.6. The van der Waals surface area contributed by atoms with Crippen molar-refractivity contribution in [2.75, 3.05) is 0 Å². The molecule has 0 saturated carbocycles. The maximum atomic E-state index is 11.6. The molecule has 1 N–H and O–H groups in total. The number of benzene rings is 2. The van der Waals surface area contributed by atoms with Crippen molar-refractivity contribution in [1.82, 2.24) is 19.3 Å². The Balaban J connectivity index is 1.55. The van der Waals surface area contributed by atoms with Crippen molar-refractivity contribution in [2.45, 2.75) is 18.7 Å². The van der Waals surface area contributed by atoms with Crippen molar-refractivity contribution in [1.29, 1.82) is 0 Å². The summed E-state index contributed by atoms with van der Waals surface area (Å²) in [5.74, 6) is 0. The van der Waals surface area contributed by atoms with E-state index in [2.05, 4.69) is 10.1 Å². The van der Waals surface area contributed by atoms with Crippen LogP contribution in [0.4, 0.5) is 0 Å². The van der Waals surface area contributed by atoms with Crippen molar-refractivity contribution < 1.29 is 5.11 Å². The number of hydrogen-bond acceptors (Lipinski definition) is 3. The molecule has 0 aliphatic heterocycles. The van der Waals surface area contributed by atoms with Crippen LogP contribution in [-0.2, 0) is 18.7 Å². The summed E-state index contributed by atoms with van der Waals surface area (Å²) >= 11 is 12.0. The van der Waals surface area contributed by atoms with Crippen LogP contribution in [0.15, 0.2) is 79.6 Å². The van der Waals surface area contributed by atoms with Gasteiger partial charge in [-0.2, -0.15) is 5.10 Å². The molecule has 0 bridgehead atoms. The Morgan fingerprint density at radius 1 is 0.867 bits per heavy atom. The Morgan fingerprint density at radius 3 is 2.20 bits per heavy atom. The molecular formula is C23H20Cl2N4O. The van der Waals surface area contributed by atoms with Gasteiger partial charge in [-0.1, -0.05) is 59.6 Å². The molecule has 0 aliphatic rings. The summed E-state index contributed by atoms with van der Waals surface area (Å²) in [6.07, 6.45) is 11.0. The first-order valence-corrected chi connectivity index (χ1v) is 10.2. The lowest BCUT2D eigenvalue weighted by Crippen LogP contribution is -2.36. The second-order valence-corrected chi connectivity index (χ2v) is 8.01. The molecule has 0 aliphatic carbocycles. The van der Waals surface area contributed by atoms with E-state index in [0.717, 1.165) is 16.7 Å². The highest BCUT2D eigenvalue weighted by Crippen LogP contribution is 2.27. The topological polar surface area (TPSA) is 55.9 Å². The van der Waals surface area contributed by atoms with Crippen LogP contribution in [0.3, 0.4) is 0 Å². The molecule has 2 heterocycles. The molecule has 0 radical (unpaired) electrons. The minimum atomic E-state index is -1.19. The summed E-state index contributed by atoms with van der Waals surface area (Å²) in [5, 5.41) is 17.0. The maximum absolute atomic E-state index is 11.6. The SMILES string of the molecule is OC(Cn1ccc(C=Cc2ccc(Cl)cc2)c1)(Cn1cncn1)c1ccc(Cl)cc1. The van der Waals surface area contributed by atoms with Gasteiger partial charge in [0.25, 0.3) is 0 Å². The molecule has 5 nitrogen and oxygen atoms in total. The first-order chi connectivity index (χ1) is 14.5. The van der Waals surface area contributed by atoms with E-state index < -0.39 is 5.60 Å². The van der Waals surface area contributed by atoms with Gasteiger partial charge in [-0.3, -0.25) is 0 Å². The summed E-state index contributed by atoms with van der Waals surface area (Å²) in [7, 11) is 0. The lowest BCUT2D eigenvalue weighted by molar-refractivity contribution is -0.00214. The average molecular weight is 439 g/mol. The summed E-state index contributed by atoms with van der Waals surface area (Å²) in [5.41, 5.74) is 1.67. The molecule has 2 aromatic heterocycles. The highest BCUT2D eigenvalue weighted by molar-refractivity contribution is 6.30. The molecule has 1 atom stereocenters. The third-order valence-electron chi connectivity index (χ3n) is 4.83. The van der Waals surface area contributed by atoms with Crippen molar-refractivity contribution in [3.8, 4) is 0 Å². The minimum Gasteiger partial charge on any atom is -0.381 e. The highest BCUT2D eigenvalue weighted by atomic mass is 35.5. The summed E-state index contributed by atoms with van der Waals surface area (Å²) in [6, 6.07) is 16.9. The second kappa shape index (κ2) is 8.88. The van der Waals surface area contributed by atoms with Crippen molar-refractivity contribution in [2.24, 2.45) is 0 Å². The van der Waals surface area contributed by atoms with E-state index in [0.29, 0.717) is 16.6 Å². The van der Waals surface area contributed by atoms with Gasteiger partial charge in [-0.15, -0.1) is 0 Å². The van der Waals surface area contributed by atoms with E-state index in [1.54, 1.807) is 23.1 Å². The number of halogens is 2. The van der Waals surface area contributed by atoms with Crippen molar-refractivity contribution in [3.05, 3.63) is 106 Å². The summed E-state index contributed by atoms with van der Waals surface area (Å²) in [4.78, 5) is 3.98. The van der Waals surface area contributed by atoms with Gasteiger partial charge in [0.05, 0.1) is 13.1 Å². The Kier molecular flexibility index (Phi) is 6.04. The Labute approximate surface area is 184 Å². The third kappa shape index (κ3) is 5.00. The smallest absolute Gasteiger partial charge is 0.137 e. The Bertz CT molecular complexity index is 1120. The zero-order valence-electron chi connectivity index (χ0n) is 16.1. The highest BCUT2D eigenvalue weighted by Gasteiger charge is 2.31. The fraction of sp³-hybridized carbons (Fsp3) is 0.130. The van der Waals surface area contributed by atoms with Crippen LogP contribution in [0.2, 0.25) is 10.0 Å². The summed E-state index contributed by atoms with van der Waals surface area (Å²) < 4.78 is 3.59. The minimum absolute atomic E-state index is 0.267. The van der Waals surface area contributed by atoms with Gasteiger partial charge in [-0.05, 0) is 47.0 Å². The number of aliphatic hydroxyl groups is 1. The monoisotopic (exact) mass is 438 g/mol. The van der Waals surface area contributed by atoms with Crippen LogP contribution < -0.4 is 0 Å². The number of nitrogens with zero attached hydrogens (tertiary/aromatic N) is 4. The molecule has 0 fully saturated rings. The van der Waals surface area contributed by atoms with E-state index in [1.165, 1.54) is 6.33 Å². The molecule has 0 amide bonds. The van der Waals surface area contributed by atoms with Crippen LogP contribution >= 0.6 is 23.2 Å². The van der Waals surface area contributed by atoms with E-state index in [4.69, 9.17) is 23.2 Å². The van der Waals surface area contributed by atoms with Gasteiger partial charge in [0.1, 0.15) is 18.3 Å². The lowest BCUT2D eigenvalue weighted by atomic mass is 9.93. The molecule has 0 saturated heterocycles. The quantitative estimate of drug-likeness (QED) is 0.434. The van der Waals surface area contributed by atoms with Gasteiger partial charge in [-0.25, -0.2) is 9.67 Å². The standard InChI is InChI=1S/C23H20Cl2N4O/c24-21-7-3-18(4-8-21)1-2-19-11-12-28(13-19)14-23(30,15-29-17-26-16-27-29)20-5-9-22(25)10-6-20/h1-13,16-17,30H,14-15H2. The predicted molar refractivity (Wildman–Crippen MR) is 120 cm³/mol. The van der Waals surface area contributed by atoms with Crippen LogP contribution in [0.1, 0.15) is 16.7 Å². The second-order valence-electron chi connectivity index (χ2n) is 7.13. The third-order valence-corrected chi connectivity index (χ3v) is 5.33. The van der Waals surface area contributed by atoms with Crippen LogP contribution in [-0.4, -0.2) is 24.4 Å². The van der Waals surface area contributed by atoms with Crippen LogP contribution in [0.5, 0.6) is 0 Å². The predicted octanol–water partition coefficient (Wildman–Crippen LogP) is 5.14. The zero-order chi connectivity index (χ0) is 21.0. The molecule has 0 spiro atoms. The fourth-order valence-corrected chi connectivity index (χ4v) is 3.55. The van der Waals surface area contributed by atoms with Gasteiger partial charge >= 0.3 is 0 Å². The van der Waals surface area contributed by atoms with E-state index >= 15 is 0 Å².